The number of aromatic nitrogens is 4. The molecule has 0 aliphatic carbocycles. The number of nitrogens with one attached hydrogen (secondary N) is 1. The molecule has 0 fully saturated rings. The molecule has 0 spiro atoms. The molecule has 2 N–H and O–H groups in total. The van der Waals surface area contributed by atoms with Gasteiger partial charge < -0.3 is 15.2 Å². The number of ether oxygens (including phenoxy) is 1. The van der Waals surface area contributed by atoms with Crippen molar-refractivity contribution in [3.63, 3.8) is 0 Å². The Kier molecular flexibility index (Phi) is 3.66. The Morgan fingerprint density at radius 1 is 1.04 bits per heavy atom. The van der Waals surface area contributed by atoms with Crippen LogP contribution in [-0.2, 0) is 0 Å². The number of benzene rings is 1. The first-order chi connectivity index (χ1) is 12.2. The van der Waals surface area contributed by atoms with E-state index in [0.717, 1.165) is 22.5 Å². The van der Waals surface area contributed by atoms with Crippen molar-refractivity contribution in [3.05, 3.63) is 61.1 Å². The van der Waals surface area contributed by atoms with E-state index >= 15 is 0 Å². The van der Waals surface area contributed by atoms with Crippen molar-refractivity contribution >= 4 is 17.2 Å². The molecule has 124 valence electrons. The van der Waals surface area contributed by atoms with Crippen LogP contribution < -0.4 is 10.1 Å². The van der Waals surface area contributed by atoms with Crippen LogP contribution >= 0.6 is 0 Å². The molecule has 7 nitrogen and oxygen atoms in total. The van der Waals surface area contributed by atoms with Gasteiger partial charge in [0.1, 0.15) is 11.6 Å². The number of hydrogen-bond donors (Lipinski definition) is 2. The van der Waals surface area contributed by atoms with Gasteiger partial charge in [-0.1, -0.05) is 0 Å². The highest BCUT2D eigenvalue weighted by atomic mass is 16.5. The van der Waals surface area contributed by atoms with Crippen molar-refractivity contribution < 1.29 is 9.84 Å². The van der Waals surface area contributed by atoms with E-state index in [9.17, 15) is 5.11 Å². The van der Waals surface area contributed by atoms with Crippen LogP contribution in [0.15, 0.2) is 61.1 Å². The van der Waals surface area contributed by atoms with Crippen LogP contribution in [0.1, 0.15) is 0 Å². The second-order valence-corrected chi connectivity index (χ2v) is 5.40. The minimum absolute atomic E-state index is 0.221. The monoisotopic (exact) mass is 333 g/mol. The molecule has 3 aromatic heterocycles. The zero-order valence-corrected chi connectivity index (χ0v) is 13.4. The Hall–Kier alpha value is -3.61. The number of nitrogens with zero attached hydrogens (tertiary/aromatic N) is 4. The number of methoxy groups -OCH3 is 1. The molecule has 0 aliphatic heterocycles. The first-order valence-electron chi connectivity index (χ1n) is 7.64. The van der Waals surface area contributed by atoms with Gasteiger partial charge in [-0.05, 0) is 36.4 Å². The van der Waals surface area contributed by atoms with Crippen molar-refractivity contribution in [2.24, 2.45) is 0 Å². The molecule has 0 saturated carbocycles. The summed E-state index contributed by atoms with van der Waals surface area (Å²) >= 11 is 0. The molecule has 0 unspecified atom stereocenters. The third kappa shape index (κ3) is 2.94. The summed E-state index contributed by atoms with van der Waals surface area (Å²) in [6, 6.07) is 12.4. The lowest BCUT2D eigenvalue weighted by atomic mass is 10.1. The normalized spacial score (nSPS) is 10.8. The Balaban J connectivity index is 1.70. The second kappa shape index (κ2) is 6.12. The number of aromatic hydroxyl groups is 1. The van der Waals surface area contributed by atoms with Crippen molar-refractivity contribution in [2.75, 3.05) is 12.4 Å². The fraction of sp³-hybridized carbons (Fsp3) is 0.0556. The van der Waals surface area contributed by atoms with Gasteiger partial charge in [-0.25, -0.2) is 14.5 Å². The predicted molar refractivity (Wildman–Crippen MR) is 94.2 cm³/mol. The van der Waals surface area contributed by atoms with Crippen LogP contribution in [0.5, 0.6) is 11.6 Å². The van der Waals surface area contributed by atoms with Gasteiger partial charge in [-0.15, -0.1) is 0 Å². The molecular weight excluding hydrogens is 318 g/mol. The van der Waals surface area contributed by atoms with Gasteiger partial charge in [0.25, 0.3) is 0 Å². The summed E-state index contributed by atoms with van der Waals surface area (Å²) in [7, 11) is 1.58. The van der Waals surface area contributed by atoms with E-state index in [4.69, 9.17) is 4.74 Å². The number of phenolic OH excluding ortho intramolecular Hbond substituents is 1. The van der Waals surface area contributed by atoms with Gasteiger partial charge in [-0.2, -0.15) is 5.10 Å². The summed E-state index contributed by atoms with van der Waals surface area (Å²) in [5.41, 5.74) is 3.34. The van der Waals surface area contributed by atoms with Crippen molar-refractivity contribution in [1.82, 2.24) is 19.6 Å². The summed E-state index contributed by atoms with van der Waals surface area (Å²) in [6.07, 6.45) is 5.33. The third-order valence-corrected chi connectivity index (χ3v) is 3.77. The van der Waals surface area contributed by atoms with Crippen LogP contribution in [0.4, 0.5) is 11.5 Å². The Morgan fingerprint density at radius 3 is 2.60 bits per heavy atom. The van der Waals surface area contributed by atoms with Gasteiger partial charge >= 0.3 is 0 Å². The van der Waals surface area contributed by atoms with Crippen LogP contribution in [0.2, 0.25) is 0 Å². The zero-order chi connectivity index (χ0) is 17.2. The van der Waals surface area contributed by atoms with E-state index in [-0.39, 0.29) is 5.75 Å². The molecule has 4 aromatic rings. The fourth-order valence-corrected chi connectivity index (χ4v) is 2.50. The molecule has 3 heterocycles. The lowest BCUT2D eigenvalue weighted by molar-refractivity contribution is 0.398. The molecule has 0 atom stereocenters. The maximum Gasteiger partial charge on any atom is 0.212 e. The summed E-state index contributed by atoms with van der Waals surface area (Å²) in [6.45, 7) is 0. The standard InChI is InChI=1S/C18H15N5O2/c1-25-17-7-2-12(10-19-17)15-11-20-23-9-8-16(22-18(15)23)21-13-3-5-14(24)6-4-13/h2-11,24H,1H3,(H,21,22). The highest BCUT2D eigenvalue weighted by Crippen LogP contribution is 2.25. The second-order valence-electron chi connectivity index (χ2n) is 5.40. The zero-order valence-electron chi connectivity index (χ0n) is 13.4. The fourth-order valence-electron chi connectivity index (χ4n) is 2.50. The molecule has 0 saturated heterocycles. The van der Waals surface area contributed by atoms with Gasteiger partial charge in [-0.3, -0.25) is 0 Å². The Labute approximate surface area is 143 Å². The molecule has 0 radical (unpaired) electrons. The van der Waals surface area contributed by atoms with Gasteiger partial charge in [0.2, 0.25) is 5.88 Å². The summed E-state index contributed by atoms with van der Waals surface area (Å²) in [5.74, 6) is 1.46. The molecular formula is C18H15N5O2. The summed E-state index contributed by atoms with van der Waals surface area (Å²) in [5, 5.41) is 16.9. The van der Waals surface area contributed by atoms with E-state index in [1.54, 1.807) is 54.4 Å². The quantitative estimate of drug-likeness (QED) is 0.558. The number of phenols is 1. The summed E-state index contributed by atoms with van der Waals surface area (Å²) in [4.78, 5) is 8.87. The number of rotatable bonds is 4. The van der Waals surface area contributed by atoms with Crippen molar-refractivity contribution in [1.29, 1.82) is 0 Å². The first kappa shape index (κ1) is 14.9. The van der Waals surface area contributed by atoms with Gasteiger partial charge in [0.15, 0.2) is 5.65 Å². The average molecular weight is 333 g/mol. The topological polar surface area (TPSA) is 84.6 Å². The number of fused-ring (bicyclic) bond motifs is 1. The van der Waals surface area contributed by atoms with Crippen LogP contribution in [0, 0.1) is 0 Å². The number of hydrogen-bond acceptors (Lipinski definition) is 6. The summed E-state index contributed by atoms with van der Waals surface area (Å²) < 4.78 is 6.80. The lowest BCUT2D eigenvalue weighted by Gasteiger charge is -2.07. The number of pyridine rings is 1. The molecule has 0 amide bonds. The van der Waals surface area contributed by atoms with E-state index in [2.05, 4.69) is 20.4 Å². The predicted octanol–water partition coefficient (Wildman–Crippen LogP) is 3.25. The maximum absolute atomic E-state index is 9.37. The molecule has 4 rings (SSSR count). The average Bonchev–Trinajstić information content (AvgIpc) is 3.07. The minimum atomic E-state index is 0.221. The highest BCUT2D eigenvalue weighted by molar-refractivity contribution is 5.77. The lowest BCUT2D eigenvalue weighted by Crippen LogP contribution is -1.97. The third-order valence-electron chi connectivity index (χ3n) is 3.77. The van der Waals surface area contributed by atoms with Crippen molar-refractivity contribution in [3.8, 4) is 22.8 Å². The van der Waals surface area contributed by atoms with Gasteiger partial charge in [0.05, 0.1) is 13.3 Å². The molecule has 25 heavy (non-hydrogen) atoms. The molecule has 1 aromatic carbocycles. The Morgan fingerprint density at radius 2 is 1.88 bits per heavy atom. The van der Waals surface area contributed by atoms with Crippen LogP contribution in [0.25, 0.3) is 16.8 Å². The van der Waals surface area contributed by atoms with E-state index in [1.807, 2.05) is 18.3 Å². The first-order valence-corrected chi connectivity index (χ1v) is 7.64. The minimum Gasteiger partial charge on any atom is -0.508 e. The SMILES string of the molecule is COc1ccc(-c2cnn3ccc(Nc4ccc(O)cc4)nc23)cn1. The highest BCUT2D eigenvalue weighted by Gasteiger charge is 2.10. The molecule has 7 heteroatoms. The van der Waals surface area contributed by atoms with Crippen molar-refractivity contribution in [2.45, 2.75) is 0 Å². The molecule has 0 aliphatic rings. The van der Waals surface area contributed by atoms with E-state index in [0.29, 0.717) is 11.7 Å². The largest absolute Gasteiger partial charge is 0.508 e. The Bertz CT molecular complexity index is 1010. The van der Waals surface area contributed by atoms with Crippen LogP contribution in [-0.4, -0.2) is 31.8 Å². The maximum atomic E-state index is 9.37. The van der Waals surface area contributed by atoms with Gasteiger partial charge in [0, 0.05) is 35.3 Å². The van der Waals surface area contributed by atoms with Crippen LogP contribution in [0.3, 0.4) is 0 Å². The van der Waals surface area contributed by atoms with E-state index in [1.165, 1.54) is 0 Å². The smallest absolute Gasteiger partial charge is 0.212 e. The van der Waals surface area contributed by atoms with E-state index < -0.39 is 0 Å². The number of anilines is 2. The molecule has 0 bridgehead atoms.